The minimum Gasteiger partial charge on any atom is -0.370 e. The van der Waals surface area contributed by atoms with Gasteiger partial charge in [0.15, 0.2) is 0 Å². The van der Waals surface area contributed by atoms with Gasteiger partial charge < -0.3 is 16.4 Å². The predicted molar refractivity (Wildman–Crippen MR) is 71.0 cm³/mol. The van der Waals surface area contributed by atoms with Crippen molar-refractivity contribution in [2.45, 2.75) is 19.3 Å². The number of primary amides is 1. The smallest absolute Gasteiger partial charge is 0.238 e. The largest absolute Gasteiger partial charge is 0.370 e. The molecule has 0 heterocycles. The molecule has 0 radical (unpaired) electrons. The van der Waals surface area contributed by atoms with Crippen LogP contribution in [0.3, 0.4) is 0 Å². The van der Waals surface area contributed by atoms with Crippen molar-refractivity contribution in [1.82, 2.24) is 5.32 Å². The molecule has 0 spiro atoms. The third-order valence-electron chi connectivity index (χ3n) is 2.37. The van der Waals surface area contributed by atoms with Crippen LogP contribution in [0.15, 0.2) is 30.3 Å². The Morgan fingerprint density at radius 2 is 1.83 bits per heavy atom. The number of rotatable bonds is 8. The molecule has 0 aromatic heterocycles. The first kappa shape index (κ1) is 14.2. The van der Waals surface area contributed by atoms with Gasteiger partial charge in [-0.25, -0.2) is 0 Å². The molecule has 0 aliphatic carbocycles. The fraction of sp³-hybridized carbons (Fsp3) is 0.385. The Labute approximate surface area is 107 Å². The molecule has 1 aromatic carbocycles. The van der Waals surface area contributed by atoms with E-state index in [1.54, 1.807) is 0 Å². The molecule has 0 saturated carbocycles. The molecule has 0 aliphatic rings. The van der Waals surface area contributed by atoms with Crippen LogP contribution in [0.25, 0.3) is 0 Å². The Hall–Kier alpha value is -1.88. The fourth-order valence-corrected chi connectivity index (χ4v) is 1.48. The first-order valence-electron chi connectivity index (χ1n) is 6.02. The van der Waals surface area contributed by atoms with Crippen LogP contribution < -0.4 is 16.4 Å². The number of benzene rings is 1. The van der Waals surface area contributed by atoms with E-state index in [0.717, 1.165) is 18.5 Å². The van der Waals surface area contributed by atoms with Crippen LogP contribution >= 0.6 is 0 Å². The lowest BCUT2D eigenvalue weighted by Gasteiger charge is -2.06. The summed E-state index contributed by atoms with van der Waals surface area (Å²) < 4.78 is 0. The summed E-state index contributed by atoms with van der Waals surface area (Å²) in [7, 11) is 0. The number of anilines is 1. The molecule has 1 aromatic rings. The summed E-state index contributed by atoms with van der Waals surface area (Å²) >= 11 is 0. The van der Waals surface area contributed by atoms with Gasteiger partial charge in [0.05, 0.1) is 6.54 Å². The van der Waals surface area contributed by atoms with Gasteiger partial charge in [-0.2, -0.15) is 0 Å². The van der Waals surface area contributed by atoms with Crippen LogP contribution in [-0.2, 0) is 9.59 Å². The number of amides is 2. The van der Waals surface area contributed by atoms with Gasteiger partial charge in [-0.15, -0.1) is 0 Å². The van der Waals surface area contributed by atoms with E-state index in [4.69, 9.17) is 5.73 Å². The number of unbranched alkanes of at least 4 members (excludes halogenated alkanes) is 1. The van der Waals surface area contributed by atoms with Crippen LogP contribution in [0.4, 0.5) is 5.69 Å². The van der Waals surface area contributed by atoms with Crippen molar-refractivity contribution in [3.8, 4) is 0 Å². The predicted octanol–water partition coefficient (Wildman–Crippen LogP) is 0.870. The second-order valence-electron chi connectivity index (χ2n) is 4.01. The monoisotopic (exact) mass is 249 g/mol. The summed E-state index contributed by atoms with van der Waals surface area (Å²) in [5, 5.41) is 5.79. The molecule has 0 atom stereocenters. The quantitative estimate of drug-likeness (QED) is 0.598. The number of nitrogens with two attached hydrogens (primary N) is 1. The highest BCUT2D eigenvalue weighted by Gasteiger charge is 2.01. The van der Waals surface area contributed by atoms with Gasteiger partial charge in [0.2, 0.25) is 11.8 Å². The first-order chi connectivity index (χ1) is 8.68. The molecule has 4 N–H and O–H groups in total. The fourth-order valence-electron chi connectivity index (χ4n) is 1.48. The Bertz CT molecular complexity index is 379. The molecule has 98 valence electrons. The maximum absolute atomic E-state index is 11.5. The Kier molecular flexibility index (Phi) is 6.50. The molecule has 0 aliphatic heterocycles. The van der Waals surface area contributed by atoms with E-state index in [-0.39, 0.29) is 18.4 Å². The maximum atomic E-state index is 11.5. The normalized spacial score (nSPS) is 10.0. The highest BCUT2D eigenvalue weighted by Crippen LogP contribution is 2.03. The lowest BCUT2D eigenvalue weighted by Crippen LogP contribution is -2.28. The van der Waals surface area contributed by atoms with Crippen LogP contribution in [0, 0.1) is 0 Å². The van der Waals surface area contributed by atoms with Crippen molar-refractivity contribution in [1.29, 1.82) is 0 Å². The molecule has 5 heteroatoms. The molecule has 0 unspecified atom stereocenters. The Balaban J connectivity index is 2.05. The van der Waals surface area contributed by atoms with E-state index < -0.39 is 0 Å². The van der Waals surface area contributed by atoms with Crippen molar-refractivity contribution >= 4 is 17.5 Å². The molecular weight excluding hydrogens is 230 g/mol. The van der Waals surface area contributed by atoms with Gasteiger partial charge in [-0.3, -0.25) is 9.59 Å². The number of hydrogen-bond acceptors (Lipinski definition) is 3. The standard InChI is InChI=1S/C13H19N3O2/c14-12(17)8-4-5-9-15-10-13(18)16-11-6-2-1-3-7-11/h1-3,6-7,15H,4-5,8-10H2,(H2,14,17)(H,16,18). The van der Waals surface area contributed by atoms with Gasteiger partial charge in [0, 0.05) is 12.1 Å². The number of para-hydroxylation sites is 1. The molecule has 0 fully saturated rings. The molecule has 5 nitrogen and oxygen atoms in total. The highest BCUT2D eigenvalue weighted by atomic mass is 16.2. The molecule has 0 bridgehead atoms. The minimum absolute atomic E-state index is 0.0731. The second-order valence-corrected chi connectivity index (χ2v) is 4.01. The summed E-state index contributed by atoms with van der Waals surface area (Å²) in [6.45, 7) is 0.973. The van der Waals surface area contributed by atoms with Gasteiger partial charge in [0.25, 0.3) is 0 Å². The average molecular weight is 249 g/mol. The zero-order chi connectivity index (χ0) is 13.2. The third-order valence-corrected chi connectivity index (χ3v) is 2.37. The molecule has 18 heavy (non-hydrogen) atoms. The highest BCUT2D eigenvalue weighted by molar-refractivity contribution is 5.92. The first-order valence-corrected chi connectivity index (χ1v) is 6.02. The summed E-state index contributed by atoms with van der Waals surface area (Å²) in [6, 6.07) is 9.31. The SMILES string of the molecule is NC(=O)CCCCNCC(=O)Nc1ccccc1. The maximum Gasteiger partial charge on any atom is 0.238 e. The number of nitrogens with one attached hydrogen (secondary N) is 2. The van der Waals surface area contributed by atoms with Crippen molar-refractivity contribution in [3.05, 3.63) is 30.3 Å². The van der Waals surface area contributed by atoms with Gasteiger partial charge >= 0.3 is 0 Å². The summed E-state index contributed by atoms with van der Waals surface area (Å²) in [4.78, 5) is 22.0. The Morgan fingerprint density at radius 3 is 2.50 bits per heavy atom. The lowest BCUT2D eigenvalue weighted by atomic mass is 10.2. The van der Waals surface area contributed by atoms with Crippen LogP contribution in [0.5, 0.6) is 0 Å². The summed E-state index contributed by atoms with van der Waals surface area (Å²) in [5.74, 6) is -0.354. The summed E-state index contributed by atoms with van der Waals surface area (Å²) in [6.07, 6.45) is 1.99. The van der Waals surface area contributed by atoms with Crippen molar-refractivity contribution in [2.75, 3.05) is 18.4 Å². The van der Waals surface area contributed by atoms with Crippen molar-refractivity contribution in [3.63, 3.8) is 0 Å². The van der Waals surface area contributed by atoms with E-state index in [2.05, 4.69) is 10.6 Å². The van der Waals surface area contributed by atoms with Gasteiger partial charge in [-0.1, -0.05) is 18.2 Å². The number of carbonyl (C=O) groups is 2. The topological polar surface area (TPSA) is 84.2 Å². The molecule has 1 rings (SSSR count). The Morgan fingerprint density at radius 1 is 1.11 bits per heavy atom. The van der Waals surface area contributed by atoms with Crippen LogP contribution in [0.1, 0.15) is 19.3 Å². The minimum atomic E-state index is -0.281. The zero-order valence-corrected chi connectivity index (χ0v) is 10.3. The lowest BCUT2D eigenvalue weighted by molar-refractivity contribution is -0.118. The average Bonchev–Trinajstić information content (AvgIpc) is 2.34. The third kappa shape index (κ3) is 6.65. The van der Waals surface area contributed by atoms with Crippen molar-refractivity contribution in [2.24, 2.45) is 5.73 Å². The van der Waals surface area contributed by atoms with Crippen molar-refractivity contribution < 1.29 is 9.59 Å². The van der Waals surface area contributed by atoms with Gasteiger partial charge in [-0.05, 0) is 31.5 Å². The van der Waals surface area contributed by atoms with E-state index in [1.165, 1.54) is 0 Å². The second kappa shape index (κ2) is 8.25. The van der Waals surface area contributed by atoms with E-state index in [1.807, 2.05) is 30.3 Å². The number of hydrogen-bond donors (Lipinski definition) is 3. The van der Waals surface area contributed by atoms with Crippen LogP contribution in [0.2, 0.25) is 0 Å². The van der Waals surface area contributed by atoms with E-state index >= 15 is 0 Å². The molecule has 0 saturated heterocycles. The van der Waals surface area contributed by atoms with E-state index in [9.17, 15) is 9.59 Å². The number of carbonyl (C=O) groups excluding carboxylic acids is 2. The molecule has 2 amide bonds. The van der Waals surface area contributed by atoms with Crippen LogP contribution in [-0.4, -0.2) is 24.9 Å². The molecular formula is C13H19N3O2. The van der Waals surface area contributed by atoms with Gasteiger partial charge in [0.1, 0.15) is 0 Å². The zero-order valence-electron chi connectivity index (χ0n) is 10.3. The summed E-state index contributed by atoms with van der Waals surface area (Å²) in [5.41, 5.74) is 5.81. The van der Waals surface area contributed by atoms with E-state index in [0.29, 0.717) is 13.0 Å².